The molecule has 16 heteroatoms. The molecule has 290 valence electrons. The Kier molecular flexibility index (Phi) is 21.1. The zero-order chi connectivity index (χ0) is 37.5. The number of amides is 1. The fourth-order valence-electron chi connectivity index (χ4n) is 5.40. The van der Waals surface area contributed by atoms with Crippen molar-refractivity contribution >= 4 is 36.1 Å². The molecular weight excluding hydrogens is 679 g/mol. The summed E-state index contributed by atoms with van der Waals surface area (Å²) in [7, 11) is 1.39. The fourth-order valence-corrected chi connectivity index (χ4v) is 6.13. The van der Waals surface area contributed by atoms with E-state index in [1.807, 2.05) is 27.2 Å². The van der Waals surface area contributed by atoms with Crippen LogP contribution in [0.2, 0.25) is 0 Å². The lowest BCUT2D eigenvalue weighted by Crippen LogP contribution is -2.45. The zero-order valence-corrected chi connectivity index (χ0v) is 32.0. The van der Waals surface area contributed by atoms with Crippen LogP contribution in [0.15, 0.2) is 28.9 Å². The maximum absolute atomic E-state index is 12.8. The Balaban J connectivity index is 1.78. The van der Waals surface area contributed by atoms with E-state index in [1.165, 1.54) is 63.9 Å². The summed E-state index contributed by atoms with van der Waals surface area (Å²) >= 11 is 0. The number of benzene rings is 1. The van der Waals surface area contributed by atoms with E-state index >= 15 is 0 Å². The molecule has 0 aliphatic carbocycles. The Morgan fingerprint density at radius 3 is 2.25 bits per heavy atom. The van der Waals surface area contributed by atoms with E-state index in [2.05, 4.69) is 32.5 Å². The number of phosphoric ester groups is 1. The number of aromatic nitrogens is 2. The molecule has 0 saturated carbocycles. The van der Waals surface area contributed by atoms with Crippen molar-refractivity contribution in [2.45, 2.75) is 122 Å². The summed E-state index contributed by atoms with van der Waals surface area (Å²) in [6.45, 7) is 2.86. The minimum absolute atomic E-state index is 0.00905. The molecule has 2 aromatic rings. The number of unbranched alkanes of at least 4 members (excludes halogenated alkanes) is 13. The number of hydrogen-bond acceptors (Lipinski definition) is 11. The van der Waals surface area contributed by atoms with Gasteiger partial charge in [-0.25, -0.2) is 9.19 Å². The second kappa shape index (κ2) is 24.3. The standard InChI is InChI=1S/C35H61N6O9P/c1-5-6-7-8-9-10-11-12-13-14-15-16-18-21-32(42)30(28-49-51(46,47)48-27-26-41(2,3)4)37-33(43)22-19-17-20-25-36-29-23-24-31(40(44)45)35-34(29)38-50-39-35/h18,21,23-24,30,32,42H,5-17,19-20,22,25-28H2,1-4H3,(H2-,36,37,39,43,46,47)/p+1. The van der Waals surface area contributed by atoms with E-state index in [1.54, 1.807) is 12.1 Å². The largest absolute Gasteiger partial charge is 0.472 e. The van der Waals surface area contributed by atoms with Gasteiger partial charge in [-0.2, -0.15) is 0 Å². The van der Waals surface area contributed by atoms with Crippen molar-refractivity contribution in [3.05, 3.63) is 34.4 Å². The molecule has 1 aromatic heterocycles. The first-order valence-corrected chi connectivity index (χ1v) is 20.0. The normalized spacial score (nSPS) is 14.5. The topological polar surface area (TPSA) is 199 Å². The lowest BCUT2D eigenvalue weighted by Gasteiger charge is -2.25. The van der Waals surface area contributed by atoms with Crippen molar-refractivity contribution in [2.24, 2.45) is 0 Å². The SMILES string of the molecule is CCCCCCCCCCCCCC=CC(O)C(COP(=O)(O)OCC[N+](C)(C)C)NC(=O)CCCCCNc1ccc([N+](=O)[O-])c2nonc12. The average Bonchev–Trinajstić information content (AvgIpc) is 3.56. The Bertz CT molecular complexity index is 1370. The van der Waals surface area contributed by atoms with E-state index in [9.17, 15) is 29.5 Å². The number of anilines is 1. The zero-order valence-electron chi connectivity index (χ0n) is 31.1. The van der Waals surface area contributed by atoms with Crippen LogP contribution < -0.4 is 10.6 Å². The first kappa shape index (κ1) is 44.2. The Morgan fingerprint density at radius 1 is 0.980 bits per heavy atom. The predicted octanol–water partition coefficient (Wildman–Crippen LogP) is 7.05. The Morgan fingerprint density at radius 2 is 1.61 bits per heavy atom. The number of nitrogens with zero attached hydrogens (tertiary/aromatic N) is 4. The molecule has 4 N–H and O–H groups in total. The third-order valence-corrected chi connectivity index (χ3v) is 9.47. The number of aliphatic hydroxyl groups is 1. The number of allylic oxidation sites excluding steroid dienone is 1. The maximum Gasteiger partial charge on any atom is 0.472 e. The number of nitro groups is 1. The number of fused-ring (bicyclic) bond motifs is 1. The number of quaternary nitrogens is 1. The number of non-ortho nitro benzene ring substituents is 1. The molecule has 0 radical (unpaired) electrons. The number of rotatable bonds is 30. The summed E-state index contributed by atoms with van der Waals surface area (Å²) in [6, 6.07) is 1.95. The summed E-state index contributed by atoms with van der Waals surface area (Å²) in [6.07, 6.45) is 19.0. The highest BCUT2D eigenvalue weighted by Gasteiger charge is 2.28. The number of nitro benzene ring substituents is 1. The molecule has 15 nitrogen and oxygen atoms in total. The van der Waals surface area contributed by atoms with Gasteiger partial charge in [-0.1, -0.05) is 89.7 Å². The van der Waals surface area contributed by atoms with Crippen LogP contribution in [0.5, 0.6) is 0 Å². The van der Waals surface area contributed by atoms with Gasteiger partial charge in [0.25, 0.3) is 0 Å². The van der Waals surface area contributed by atoms with Crippen molar-refractivity contribution in [3.8, 4) is 0 Å². The van der Waals surface area contributed by atoms with E-state index < -0.39 is 31.5 Å². The van der Waals surface area contributed by atoms with E-state index in [0.29, 0.717) is 42.5 Å². The highest BCUT2D eigenvalue weighted by molar-refractivity contribution is 7.47. The molecule has 1 aromatic carbocycles. The predicted molar refractivity (Wildman–Crippen MR) is 198 cm³/mol. The van der Waals surface area contributed by atoms with Gasteiger partial charge in [-0.3, -0.25) is 24.0 Å². The number of hydrogen-bond donors (Lipinski definition) is 4. The second-order valence-electron chi connectivity index (χ2n) is 14.1. The van der Waals surface area contributed by atoms with E-state index in [0.717, 1.165) is 19.3 Å². The summed E-state index contributed by atoms with van der Waals surface area (Å²) in [5.41, 5.74) is 0.713. The summed E-state index contributed by atoms with van der Waals surface area (Å²) in [5.74, 6) is -0.321. The van der Waals surface area contributed by atoms with Gasteiger partial charge < -0.3 is 25.1 Å². The Hall–Kier alpha value is -2.94. The average molecular weight is 742 g/mol. The molecule has 0 aliphatic heterocycles. The maximum atomic E-state index is 12.8. The van der Waals surface area contributed by atoms with Crippen LogP contribution in [-0.2, 0) is 18.4 Å². The monoisotopic (exact) mass is 741 g/mol. The van der Waals surface area contributed by atoms with Gasteiger partial charge in [0, 0.05) is 19.0 Å². The van der Waals surface area contributed by atoms with Crippen molar-refractivity contribution in [3.63, 3.8) is 0 Å². The number of carbonyl (C=O) groups is 1. The number of likely N-dealkylation sites (N-methyl/N-ethyl adjacent to an activating group) is 1. The smallest absolute Gasteiger partial charge is 0.387 e. The molecule has 3 atom stereocenters. The molecule has 1 amide bonds. The first-order chi connectivity index (χ1) is 24.3. The minimum atomic E-state index is -4.41. The van der Waals surface area contributed by atoms with Crippen LogP contribution in [0, 0.1) is 10.1 Å². The van der Waals surface area contributed by atoms with Gasteiger partial charge in [0.05, 0.1) is 50.5 Å². The molecule has 0 bridgehead atoms. The van der Waals surface area contributed by atoms with Crippen molar-refractivity contribution < 1.29 is 42.4 Å². The molecule has 3 unspecified atom stereocenters. The van der Waals surface area contributed by atoms with Crippen LogP contribution in [0.25, 0.3) is 11.0 Å². The fraction of sp³-hybridized carbons (Fsp3) is 0.743. The molecule has 51 heavy (non-hydrogen) atoms. The van der Waals surface area contributed by atoms with Crippen LogP contribution in [0.3, 0.4) is 0 Å². The minimum Gasteiger partial charge on any atom is -0.387 e. The second-order valence-corrected chi connectivity index (χ2v) is 15.6. The van der Waals surface area contributed by atoms with Crippen molar-refractivity contribution in [2.75, 3.05) is 52.8 Å². The van der Waals surface area contributed by atoms with Gasteiger partial charge >= 0.3 is 13.5 Å². The van der Waals surface area contributed by atoms with Crippen LogP contribution in [0.1, 0.15) is 110 Å². The first-order valence-electron chi connectivity index (χ1n) is 18.5. The number of phosphoric acid groups is 1. The summed E-state index contributed by atoms with van der Waals surface area (Å²) in [4.78, 5) is 33.7. The molecular formula is C35H62N6O9P+. The quantitative estimate of drug-likeness (QED) is 0.0159. The number of aliphatic hydroxyl groups excluding tert-OH is 1. The molecule has 0 saturated heterocycles. The summed E-state index contributed by atoms with van der Waals surface area (Å²) in [5, 5.41) is 35.4. The number of carbonyl (C=O) groups excluding carboxylic acids is 1. The highest BCUT2D eigenvalue weighted by atomic mass is 31.2. The highest BCUT2D eigenvalue weighted by Crippen LogP contribution is 2.43. The van der Waals surface area contributed by atoms with Crippen LogP contribution >= 0.6 is 7.82 Å². The Labute approximate surface area is 302 Å². The molecule has 2 rings (SSSR count). The third kappa shape index (κ3) is 19.5. The molecule has 0 fully saturated rings. The van der Waals surface area contributed by atoms with Crippen LogP contribution in [-0.4, -0.2) is 95.2 Å². The molecule has 1 heterocycles. The molecule has 0 aliphatic rings. The van der Waals surface area contributed by atoms with E-state index in [4.69, 9.17) is 9.05 Å². The van der Waals surface area contributed by atoms with Crippen molar-refractivity contribution in [1.82, 2.24) is 15.6 Å². The lowest BCUT2D eigenvalue weighted by atomic mass is 10.0. The number of nitrogens with one attached hydrogen (secondary N) is 2. The van der Waals surface area contributed by atoms with Crippen molar-refractivity contribution in [1.29, 1.82) is 0 Å². The van der Waals surface area contributed by atoms with Gasteiger partial charge in [0.2, 0.25) is 11.4 Å². The van der Waals surface area contributed by atoms with Crippen LogP contribution in [0.4, 0.5) is 11.4 Å². The van der Waals surface area contributed by atoms with Gasteiger partial charge in [0.15, 0.2) is 5.52 Å². The third-order valence-electron chi connectivity index (χ3n) is 8.49. The van der Waals surface area contributed by atoms with Gasteiger partial charge in [0.1, 0.15) is 13.2 Å². The van der Waals surface area contributed by atoms with Gasteiger partial charge in [-0.15, -0.1) is 0 Å². The van der Waals surface area contributed by atoms with Gasteiger partial charge in [-0.05, 0) is 42.1 Å². The summed E-state index contributed by atoms with van der Waals surface area (Å²) < 4.78 is 28.1. The molecule has 0 spiro atoms. The lowest BCUT2D eigenvalue weighted by molar-refractivity contribution is -0.870. The van der Waals surface area contributed by atoms with E-state index in [-0.39, 0.29) is 35.7 Å².